The van der Waals surface area contributed by atoms with E-state index in [1.807, 2.05) is 33.9 Å². The molecule has 7 heteroatoms. The molecule has 5 nitrogen and oxygen atoms in total. The number of halogens is 2. The fourth-order valence-corrected chi connectivity index (χ4v) is 6.15. The van der Waals surface area contributed by atoms with Crippen LogP contribution in [0.2, 0.25) is 0 Å². The molecule has 0 bridgehead atoms. The van der Waals surface area contributed by atoms with E-state index in [0.717, 1.165) is 62.5 Å². The molecule has 0 spiro atoms. The van der Waals surface area contributed by atoms with Gasteiger partial charge >= 0.3 is 0 Å². The first-order chi connectivity index (χ1) is 18.2. The average molecular weight is 523 g/mol. The van der Waals surface area contributed by atoms with Gasteiger partial charge in [0.1, 0.15) is 11.6 Å². The third-order valence-corrected chi connectivity index (χ3v) is 8.24. The van der Waals surface area contributed by atoms with Crippen molar-refractivity contribution in [1.82, 2.24) is 19.3 Å². The number of hydrogen-bond acceptors (Lipinski definition) is 3. The number of piperidine rings is 1. The van der Waals surface area contributed by atoms with Gasteiger partial charge in [0.25, 0.3) is 5.91 Å². The number of benzene rings is 2. The summed E-state index contributed by atoms with van der Waals surface area (Å²) in [6.07, 6.45) is 4.09. The Morgan fingerprint density at radius 3 is 2.26 bits per heavy atom. The van der Waals surface area contributed by atoms with E-state index in [0.29, 0.717) is 42.2 Å². The van der Waals surface area contributed by atoms with Crippen LogP contribution in [-0.2, 0) is 0 Å². The fourth-order valence-electron chi connectivity index (χ4n) is 6.15. The first-order valence-corrected chi connectivity index (χ1v) is 14.1. The minimum atomic E-state index is -0.610. The van der Waals surface area contributed by atoms with Crippen molar-refractivity contribution in [3.8, 4) is 5.69 Å². The van der Waals surface area contributed by atoms with Crippen LogP contribution in [0.15, 0.2) is 42.6 Å². The van der Waals surface area contributed by atoms with Gasteiger partial charge < -0.3 is 14.4 Å². The van der Waals surface area contributed by atoms with Crippen LogP contribution >= 0.6 is 0 Å². The summed E-state index contributed by atoms with van der Waals surface area (Å²) in [4.78, 5) is 20.3. The molecule has 0 atom stereocenters. The monoisotopic (exact) mass is 522 g/mol. The zero-order chi connectivity index (χ0) is 27.0. The zero-order valence-electron chi connectivity index (χ0n) is 23.1. The van der Waals surface area contributed by atoms with Crippen molar-refractivity contribution in [3.05, 3.63) is 65.4 Å². The number of hydrogen-bond donors (Lipinski definition) is 0. The summed E-state index contributed by atoms with van der Waals surface area (Å²) in [6, 6.07) is 10.0. The van der Waals surface area contributed by atoms with E-state index in [4.69, 9.17) is 0 Å². The topological polar surface area (TPSA) is 31.7 Å². The molecule has 2 saturated heterocycles. The van der Waals surface area contributed by atoms with E-state index in [9.17, 15) is 13.6 Å². The van der Waals surface area contributed by atoms with Gasteiger partial charge in [-0.1, -0.05) is 19.9 Å². The van der Waals surface area contributed by atoms with Crippen LogP contribution in [0.25, 0.3) is 16.6 Å². The molecule has 2 aromatic carbocycles. The first-order valence-electron chi connectivity index (χ1n) is 14.1. The van der Waals surface area contributed by atoms with E-state index in [1.165, 1.54) is 17.7 Å². The van der Waals surface area contributed by atoms with Gasteiger partial charge in [-0.3, -0.25) is 9.69 Å². The molecule has 2 aliphatic rings. The van der Waals surface area contributed by atoms with Crippen molar-refractivity contribution >= 4 is 16.8 Å². The lowest BCUT2D eigenvalue weighted by Crippen LogP contribution is -2.50. The molecule has 1 aromatic heterocycles. The summed E-state index contributed by atoms with van der Waals surface area (Å²) in [5.74, 6) is -0.208. The lowest BCUT2D eigenvalue weighted by atomic mass is 9.88. The Morgan fingerprint density at radius 2 is 1.63 bits per heavy atom. The number of amides is 1. The molecule has 5 rings (SSSR count). The third-order valence-electron chi connectivity index (χ3n) is 8.24. The van der Waals surface area contributed by atoms with Crippen molar-refractivity contribution in [2.24, 2.45) is 5.92 Å². The number of rotatable bonds is 6. The van der Waals surface area contributed by atoms with Crippen molar-refractivity contribution in [1.29, 1.82) is 0 Å². The van der Waals surface area contributed by atoms with Crippen LogP contribution in [0, 0.1) is 17.6 Å². The number of likely N-dealkylation sites (tertiary alicyclic amines) is 1. The molecule has 0 N–H and O–H groups in total. The Labute approximate surface area is 225 Å². The predicted octanol–water partition coefficient (Wildman–Crippen LogP) is 5.91. The van der Waals surface area contributed by atoms with Gasteiger partial charge in [0.15, 0.2) is 0 Å². The molecule has 3 heterocycles. The van der Waals surface area contributed by atoms with E-state index in [2.05, 4.69) is 37.5 Å². The van der Waals surface area contributed by atoms with Crippen LogP contribution in [0.3, 0.4) is 0 Å². The first kappa shape index (κ1) is 26.8. The largest absolute Gasteiger partial charge is 0.336 e. The Balaban J connectivity index is 1.48. The average Bonchev–Trinajstić information content (AvgIpc) is 3.27. The van der Waals surface area contributed by atoms with Crippen molar-refractivity contribution in [2.75, 3.05) is 45.8 Å². The normalized spacial score (nSPS) is 18.3. The summed E-state index contributed by atoms with van der Waals surface area (Å²) in [6.45, 7) is 15.2. The Bertz CT molecular complexity index is 1280. The molecule has 204 valence electrons. The van der Waals surface area contributed by atoms with Gasteiger partial charge in [0.2, 0.25) is 0 Å². The number of piperazine rings is 1. The number of nitrogens with zero attached hydrogens (tertiary/aromatic N) is 4. The van der Waals surface area contributed by atoms with E-state index >= 15 is 0 Å². The number of fused-ring (bicyclic) bond motifs is 1. The Kier molecular flexibility index (Phi) is 7.87. The van der Waals surface area contributed by atoms with Crippen LogP contribution in [0.5, 0.6) is 0 Å². The maximum Gasteiger partial charge on any atom is 0.254 e. The van der Waals surface area contributed by atoms with Gasteiger partial charge in [0.05, 0.1) is 11.2 Å². The van der Waals surface area contributed by atoms with Crippen molar-refractivity contribution in [2.45, 2.75) is 52.5 Å². The molecular formula is C31H40F2N4O. The lowest BCUT2D eigenvalue weighted by Gasteiger charge is -2.37. The van der Waals surface area contributed by atoms with Crippen LogP contribution in [0.4, 0.5) is 8.78 Å². The second-order valence-electron chi connectivity index (χ2n) is 11.7. The molecule has 3 aromatic rings. The molecule has 1 amide bonds. The standard InChI is InChI=1S/C31H40F2N4O/c1-21(2)19-34-11-9-23(10-12-34)27-20-37(29-8-6-25(32)18-28(29)33)30-17-24(5-7-26(27)30)31(38)36-15-13-35(14-16-36)22(3)4/h5-8,17-18,20-23H,9-16,19H2,1-4H3. The summed E-state index contributed by atoms with van der Waals surface area (Å²) in [5.41, 5.74) is 2.88. The molecule has 2 aliphatic heterocycles. The van der Waals surface area contributed by atoms with Gasteiger partial charge in [-0.05, 0) is 81.4 Å². The summed E-state index contributed by atoms with van der Waals surface area (Å²) in [5, 5.41) is 1.04. The quantitative estimate of drug-likeness (QED) is 0.403. The van der Waals surface area contributed by atoms with Crippen LogP contribution in [-0.4, -0.2) is 77.0 Å². The zero-order valence-corrected chi connectivity index (χ0v) is 23.1. The summed E-state index contributed by atoms with van der Waals surface area (Å²) in [7, 11) is 0. The maximum absolute atomic E-state index is 15.0. The minimum absolute atomic E-state index is 0.00572. The summed E-state index contributed by atoms with van der Waals surface area (Å²) >= 11 is 0. The van der Waals surface area contributed by atoms with Gasteiger partial charge in [-0.25, -0.2) is 8.78 Å². The van der Waals surface area contributed by atoms with Gasteiger partial charge in [0, 0.05) is 62.0 Å². The van der Waals surface area contributed by atoms with Gasteiger partial charge in [-0.2, -0.15) is 0 Å². The highest BCUT2D eigenvalue weighted by atomic mass is 19.1. The minimum Gasteiger partial charge on any atom is -0.336 e. The van der Waals surface area contributed by atoms with Crippen molar-refractivity contribution in [3.63, 3.8) is 0 Å². The predicted molar refractivity (Wildman–Crippen MR) is 149 cm³/mol. The smallest absolute Gasteiger partial charge is 0.254 e. The number of carbonyl (C=O) groups is 1. The second-order valence-corrected chi connectivity index (χ2v) is 11.7. The maximum atomic E-state index is 15.0. The van der Waals surface area contributed by atoms with Crippen LogP contribution < -0.4 is 0 Å². The third kappa shape index (κ3) is 5.50. The number of carbonyl (C=O) groups excluding carboxylic acids is 1. The molecule has 0 unspecified atom stereocenters. The summed E-state index contributed by atoms with van der Waals surface area (Å²) < 4.78 is 30.6. The molecule has 38 heavy (non-hydrogen) atoms. The molecule has 2 fully saturated rings. The van der Waals surface area contributed by atoms with Crippen LogP contribution in [0.1, 0.15) is 62.4 Å². The molecule has 0 aliphatic carbocycles. The number of aromatic nitrogens is 1. The van der Waals surface area contributed by atoms with E-state index < -0.39 is 11.6 Å². The fraction of sp³-hybridized carbons (Fsp3) is 0.516. The van der Waals surface area contributed by atoms with E-state index in [1.54, 1.807) is 0 Å². The highest BCUT2D eigenvalue weighted by molar-refractivity contribution is 5.99. The second kappa shape index (κ2) is 11.1. The lowest BCUT2D eigenvalue weighted by molar-refractivity contribution is 0.0595. The highest BCUT2D eigenvalue weighted by Gasteiger charge is 2.27. The van der Waals surface area contributed by atoms with E-state index in [-0.39, 0.29) is 5.91 Å². The van der Waals surface area contributed by atoms with Gasteiger partial charge in [-0.15, -0.1) is 0 Å². The Hall–Kier alpha value is -2.77. The Morgan fingerprint density at radius 1 is 0.921 bits per heavy atom. The van der Waals surface area contributed by atoms with Crippen molar-refractivity contribution < 1.29 is 13.6 Å². The highest BCUT2D eigenvalue weighted by Crippen LogP contribution is 2.37. The molecule has 0 radical (unpaired) electrons. The molecule has 0 saturated carbocycles. The SMILES string of the molecule is CC(C)CN1CCC(c2cn(-c3ccc(F)cc3F)c3cc(C(=O)N4CCN(C(C)C)CC4)ccc23)CC1. The molecular weight excluding hydrogens is 482 g/mol.